The minimum absolute atomic E-state index is 0.0325. The fourth-order valence-corrected chi connectivity index (χ4v) is 3.01. The van der Waals surface area contributed by atoms with Crippen LogP contribution in [0.25, 0.3) is 0 Å². The molecule has 1 aliphatic heterocycles. The molecule has 1 heterocycles. The molecule has 0 spiro atoms. The number of hydrogen-bond donors (Lipinski definition) is 2. The number of nitrogens with one attached hydrogen (secondary N) is 2. The molecule has 3 rings (SSSR count). The average molecular weight is 403 g/mol. The van der Waals surface area contributed by atoms with Crippen molar-refractivity contribution >= 4 is 29.3 Å². The molecular formula is C21H23ClN2O4. The van der Waals surface area contributed by atoms with Crippen LogP contribution in [0.2, 0.25) is 5.02 Å². The molecule has 0 saturated carbocycles. The van der Waals surface area contributed by atoms with E-state index in [0.29, 0.717) is 30.5 Å². The van der Waals surface area contributed by atoms with Gasteiger partial charge in [0, 0.05) is 36.4 Å². The van der Waals surface area contributed by atoms with Crippen LogP contribution in [0.15, 0.2) is 48.5 Å². The molecule has 0 aliphatic carbocycles. The highest BCUT2D eigenvalue weighted by Crippen LogP contribution is 2.16. The summed E-state index contributed by atoms with van der Waals surface area (Å²) in [5.74, 6) is 0.0985. The number of rotatable bonds is 6. The number of halogens is 1. The summed E-state index contributed by atoms with van der Waals surface area (Å²) in [6, 6.07) is 14.4. The molecule has 0 aromatic heterocycles. The van der Waals surface area contributed by atoms with E-state index in [2.05, 4.69) is 10.6 Å². The van der Waals surface area contributed by atoms with Crippen molar-refractivity contribution in [2.24, 2.45) is 5.92 Å². The van der Waals surface area contributed by atoms with Crippen LogP contribution in [0, 0.1) is 5.92 Å². The number of ether oxygens (including phenoxy) is 2. The molecule has 1 aliphatic rings. The van der Waals surface area contributed by atoms with Gasteiger partial charge in [0.2, 0.25) is 5.91 Å². The smallest absolute Gasteiger partial charge is 0.411 e. The summed E-state index contributed by atoms with van der Waals surface area (Å²) in [6.45, 7) is 1.91. The third-order valence-electron chi connectivity index (χ3n) is 4.54. The quantitative estimate of drug-likeness (QED) is 0.761. The Hall–Kier alpha value is -2.57. The summed E-state index contributed by atoms with van der Waals surface area (Å²) < 4.78 is 10.5. The number of amides is 2. The average Bonchev–Trinajstić information content (AvgIpc) is 2.73. The molecule has 2 amide bonds. The molecule has 2 N–H and O–H groups in total. The van der Waals surface area contributed by atoms with Crippen molar-refractivity contribution in [1.82, 2.24) is 5.32 Å². The van der Waals surface area contributed by atoms with Crippen LogP contribution in [-0.4, -0.2) is 25.2 Å². The van der Waals surface area contributed by atoms with Gasteiger partial charge in [-0.2, -0.15) is 0 Å². The van der Waals surface area contributed by atoms with Gasteiger partial charge in [0.25, 0.3) is 0 Å². The van der Waals surface area contributed by atoms with E-state index in [0.717, 1.165) is 24.0 Å². The summed E-state index contributed by atoms with van der Waals surface area (Å²) in [6.07, 6.45) is 1.01. The molecule has 28 heavy (non-hydrogen) atoms. The molecule has 6 nitrogen and oxygen atoms in total. The van der Waals surface area contributed by atoms with Gasteiger partial charge in [-0.15, -0.1) is 0 Å². The van der Waals surface area contributed by atoms with Gasteiger partial charge < -0.3 is 14.8 Å². The molecule has 2 aromatic carbocycles. The van der Waals surface area contributed by atoms with Gasteiger partial charge in [0.05, 0.1) is 0 Å². The van der Waals surface area contributed by atoms with Crippen LogP contribution < -0.4 is 10.6 Å². The maximum atomic E-state index is 12.1. The lowest BCUT2D eigenvalue weighted by molar-refractivity contribution is -0.128. The van der Waals surface area contributed by atoms with E-state index >= 15 is 0 Å². The Labute approximate surface area is 169 Å². The van der Waals surface area contributed by atoms with Crippen molar-refractivity contribution in [1.29, 1.82) is 0 Å². The Bertz CT molecular complexity index is 787. The molecule has 0 unspecified atom stereocenters. The van der Waals surface area contributed by atoms with Crippen LogP contribution >= 0.6 is 11.6 Å². The first-order valence-electron chi connectivity index (χ1n) is 9.23. The van der Waals surface area contributed by atoms with Crippen LogP contribution in [0.4, 0.5) is 10.5 Å². The minimum Gasteiger partial charge on any atom is -0.444 e. The summed E-state index contributed by atoms with van der Waals surface area (Å²) in [5, 5.41) is 6.27. The first-order valence-corrected chi connectivity index (χ1v) is 9.60. The first kappa shape index (κ1) is 20.2. The highest BCUT2D eigenvalue weighted by atomic mass is 35.5. The molecule has 148 valence electrons. The van der Waals surface area contributed by atoms with Crippen LogP contribution in [-0.2, 0) is 27.4 Å². The maximum Gasteiger partial charge on any atom is 0.411 e. The number of hydrogen-bond acceptors (Lipinski definition) is 4. The topological polar surface area (TPSA) is 76.7 Å². The Morgan fingerprint density at radius 3 is 2.32 bits per heavy atom. The zero-order valence-electron chi connectivity index (χ0n) is 15.4. The summed E-state index contributed by atoms with van der Waals surface area (Å²) in [7, 11) is 0. The van der Waals surface area contributed by atoms with E-state index in [-0.39, 0.29) is 18.4 Å². The zero-order valence-corrected chi connectivity index (χ0v) is 16.2. The molecule has 0 radical (unpaired) electrons. The normalized spacial score (nSPS) is 14.3. The van der Waals surface area contributed by atoms with Crippen LogP contribution in [0.1, 0.15) is 24.0 Å². The highest BCUT2D eigenvalue weighted by Gasteiger charge is 2.20. The maximum absolute atomic E-state index is 12.1. The van der Waals surface area contributed by atoms with Gasteiger partial charge in [-0.25, -0.2) is 4.79 Å². The predicted octanol–water partition coefficient (Wildman–Crippen LogP) is 4.13. The monoisotopic (exact) mass is 402 g/mol. The number of benzene rings is 2. The lowest BCUT2D eigenvalue weighted by atomic mass is 9.99. The highest BCUT2D eigenvalue weighted by molar-refractivity contribution is 6.30. The Morgan fingerprint density at radius 2 is 1.64 bits per heavy atom. The third kappa shape index (κ3) is 6.25. The Kier molecular flexibility index (Phi) is 7.28. The number of carbonyl (C=O) groups is 2. The van der Waals surface area contributed by atoms with E-state index < -0.39 is 6.09 Å². The van der Waals surface area contributed by atoms with Crippen molar-refractivity contribution in [2.45, 2.75) is 26.0 Å². The van der Waals surface area contributed by atoms with E-state index in [1.165, 1.54) is 0 Å². The molecule has 1 saturated heterocycles. The number of anilines is 1. The number of carbonyl (C=O) groups excluding carboxylic acids is 2. The van der Waals surface area contributed by atoms with Crippen LogP contribution in [0.5, 0.6) is 0 Å². The van der Waals surface area contributed by atoms with Crippen molar-refractivity contribution in [2.75, 3.05) is 18.5 Å². The van der Waals surface area contributed by atoms with E-state index in [4.69, 9.17) is 21.1 Å². The van der Waals surface area contributed by atoms with E-state index in [1.807, 2.05) is 12.1 Å². The largest absolute Gasteiger partial charge is 0.444 e. The fourth-order valence-electron chi connectivity index (χ4n) is 2.88. The van der Waals surface area contributed by atoms with Crippen molar-refractivity contribution < 1.29 is 19.1 Å². The second-order valence-corrected chi connectivity index (χ2v) is 7.07. The van der Waals surface area contributed by atoms with Gasteiger partial charge in [0.1, 0.15) is 6.61 Å². The zero-order chi connectivity index (χ0) is 19.8. The molecular weight excluding hydrogens is 380 g/mol. The first-order chi connectivity index (χ1) is 13.6. The van der Waals surface area contributed by atoms with Gasteiger partial charge in [-0.3, -0.25) is 10.1 Å². The van der Waals surface area contributed by atoms with E-state index in [1.54, 1.807) is 36.4 Å². The van der Waals surface area contributed by atoms with E-state index in [9.17, 15) is 9.59 Å². The lowest BCUT2D eigenvalue weighted by Gasteiger charge is -2.21. The minimum atomic E-state index is -0.532. The standard InChI is InChI=1S/C21H23ClN2O4/c22-18-5-1-16(2-6-18)14-28-21(26)24-19-7-3-15(4-8-19)13-23-20(25)17-9-11-27-12-10-17/h1-8,17H,9-14H2,(H,23,25)(H,24,26). The molecule has 7 heteroatoms. The van der Waals surface area contributed by atoms with Crippen molar-refractivity contribution in [3.63, 3.8) is 0 Å². The second-order valence-electron chi connectivity index (χ2n) is 6.63. The van der Waals surface area contributed by atoms with Crippen molar-refractivity contribution in [3.8, 4) is 0 Å². The lowest BCUT2D eigenvalue weighted by Crippen LogP contribution is -2.33. The molecule has 0 bridgehead atoms. The SMILES string of the molecule is O=C(Nc1ccc(CNC(=O)C2CCOCC2)cc1)OCc1ccc(Cl)cc1. The van der Waals surface area contributed by atoms with Crippen LogP contribution in [0.3, 0.4) is 0 Å². The molecule has 2 aromatic rings. The van der Waals surface area contributed by atoms with Gasteiger partial charge in [-0.1, -0.05) is 35.9 Å². The van der Waals surface area contributed by atoms with Gasteiger partial charge >= 0.3 is 6.09 Å². The summed E-state index contributed by atoms with van der Waals surface area (Å²) in [5.41, 5.74) is 2.44. The summed E-state index contributed by atoms with van der Waals surface area (Å²) >= 11 is 5.83. The third-order valence-corrected chi connectivity index (χ3v) is 4.79. The fraction of sp³-hybridized carbons (Fsp3) is 0.333. The Morgan fingerprint density at radius 1 is 1.00 bits per heavy atom. The van der Waals surface area contributed by atoms with Crippen molar-refractivity contribution in [3.05, 3.63) is 64.7 Å². The Balaban J connectivity index is 1.41. The van der Waals surface area contributed by atoms with Gasteiger partial charge in [0.15, 0.2) is 0 Å². The molecule has 1 fully saturated rings. The van der Waals surface area contributed by atoms with Gasteiger partial charge in [-0.05, 0) is 48.2 Å². The second kappa shape index (κ2) is 10.1. The predicted molar refractivity (Wildman–Crippen MR) is 107 cm³/mol. The molecule has 0 atom stereocenters. The summed E-state index contributed by atoms with van der Waals surface area (Å²) in [4.78, 5) is 24.0.